The lowest BCUT2D eigenvalue weighted by atomic mass is 10.1. The van der Waals surface area contributed by atoms with Crippen LogP contribution in [0.3, 0.4) is 0 Å². The number of ether oxygens (including phenoxy) is 1. The molecule has 0 radical (unpaired) electrons. The van der Waals surface area contributed by atoms with Gasteiger partial charge in [-0.05, 0) is 44.4 Å². The summed E-state index contributed by atoms with van der Waals surface area (Å²) < 4.78 is 6.76. The first-order valence-corrected chi connectivity index (χ1v) is 8.06. The van der Waals surface area contributed by atoms with E-state index in [2.05, 4.69) is 41.1 Å². The Balaban J connectivity index is 2.04. The number of thioether (sulfide) groups is 1. The van der Waals surface area contributed by atoms with Crippen molar-refractivity contribution in [2.45, 2.75) is 49.0 Å². The standard InChI is InChI=1S/C14H20BrNOS/c1-9(16)7-11-3-4-12(8-13(11)15)18-14-5-6-17-10(14)2/h3-4,8-10,14H,5-7,16H2,1-2H3. The summed E-state index contributed by atoms with van der Waals surface area (Å²) in [5.41, 5.74) is 7.12. The Bertz CT molecular complexity index is 411. The highest BCUT2D eigenvalue weighted by Gasteiger charge is 2.25. The van der Waals surface area contributed by atoms with Gasteiger partial charge in [-0.3, -0.25) is 0 Å². The molecule has 4 heteroatoms. The van der Waals surface area contributed by atoms with E-state index < -0.39 is 0 Å². The SMILES string of the molecule is CC(N)Cc1ccc(SC2CCOC2C)cc1Br. The molecule has 1 aliphatic rings. The number of hydrogen-bond acceptors (Lipinski definition) is 3. The first kappa shape index (κ1) is 14.4. The highest BCUT2D eigenvalue weighted by molar-refractivity contribution is 9.10. The van der Waals surface area contributed by atoms with E-state index in [4.69, 9.17) is 10.5 Å². The second-order valence-electron chi connectivity index (χ2n) is 4.96. The molecule has 0 aromatic heterocycles. The molecule has 1 fully saturated rings. The maximum Gasteiger partial charge on any atom is 0.0669 e. The second kappa shape index (κ2) is 6.42. The first-order chi connectivity index (χ1) is 8.56. The monoisotopic (exact) mass is 329 g/mol. The normalized spacial score (nSPS) is 25.3. The third-order valence-corrected chi connectivity index (χ3v) is 5.35. The van der Waals surface area contributed by atoms with Crippen molar-refractivity contribution in [3.63, 3.8) is 0 Å². The van der Waals surface area contributed by atoms with Crippen LogP contribution in [-0.4, -0.2) is 24.0 Å². The molecule has 0 amide bonds. The van der Waals surface area contributed by atoms with Crippen molar-refractivity contribution in [1.82, 2.24) is 0 Å². The zero-order valence-corrected chi connectivity index (χ0v) is 13.3. The van der Waals surface area contributed by atoms with Crippen LogP contribution in [0.15, 0.2) is 27.6 Å². The topological polar surface area (TPSA) is 35.2 Å². The number of rotatable bonds is 4. The van der Waals surface area contributed by atoms with Crippen molar-refractivity contribution < 1.29 is 4.74 Å². The summed E-state index contributed by atoms with van der Waals surface area (Å²) in [6.07, 6.45) is 2.41. The van der Waals surface area contributed by atoms with Crippen LogP contribution >= 0.6 is 27.7 Å². The zero-order valence-electron chi connectivity index (χ0n) is 10.9. The number of hydrogen-bond donors (Lipinski definition) is 1. The van der Waals surface area contributed by atoms with E-state index in [-0.39, 0.29) is 6.04 Å². The Morgan fingerprint density at radius 2 is 2.33 bits per heavy atom. The molecule has 1 aromatic rings. The predicted molar refractivity (Wildman–Crippen MR) is 81.2 cm³/mol. The van der Waals surface area contributed by atoms with Crippen LogP contribution < -0.4 is 5.73 Å². The number of nitrogens with two attached hydrogens (primary N) is 1. The van der Waals surface area contributed by atoms with Gasteiger partial charge in [0.15, 0.2) is 0 Å². The Hall–Kier alpha value is -0.0300. The van der Waals surface area contributed by atoms with Crippen LogP contribution in [0.4, 0.5) is 0 Å². The molecule has 0 spiro atoms. The van der Waals surface area contributed by atoms with Crippen molar-refractivity contribution in [3.05, 3.63) is 28.2 Å². The smallest absolute Gasteiger partial charge is 0.0669 e. The fourth-order valence-electron chi connectivity index (χ4n) is 2.16. The average Bonchev–Trinajstić information content (AvgIpc) is 2.68. The van der Waals surface area contributed by atoms with Gasteiger partial charge < -0.3 is 10.5 Å². The van der Waals surface area contributed by atoms with Gasteiger partial charge in [-0.25, -0.2) is 0 Å². The molecule has 3 unspecified atom stereocenters. The molecule has 1 aromatic carbocycles. The van der Waals surface area contributed by atoms with Crippen LogP contribution in [0.25, 0.3) is 0 Å². The summed E-state index contributed by atoms with van der Waals surface area (Å²) in [4.78, 5) is 1.30. The van der Waals surface area contributed by atoms with Crippen molar-refractivity contribution in [2.24, 2.45) is 5.73 Å². The highest BCUT2D eigenvalue weighted by atomic mass is 79.9. The van der Waals surface area contributed by atoms with Gasteiger partial charge in [-0.15, -0.1) is 11.8 Å². The maximum absolute atomic E-state index is 5.84. The highest BCUT2D eigenvalue weighted by Crippen LogP contribution is 2.34. The van der Waals surface area contributed by atoms with Crippen molar-refractivity contribution in [2.75, 3.05) is 6.61 Å². The molecule has 1 heterocycles. The van der Waals surface area contributed by atoms with Crippen LogP contribution in [-0.2, 0) is 11.2 Å². The lowest BCUT2D eigenvalue weighted by molar-refractivity contribution is 0.127. The lowest BCUT2D eigenvalue weighted by Crippen LogP contribution is -2.18. The van der Waals surface area contributed by atoms with E-state index in [0.29, 0.717) is 11.4 Å². The summed E-state index contributed by atoms with van der Waals surface area (Å²) in [6, 6.07) is 6.77. The van der Waals surface area contributed by atoms with E-state index in [1.807, 2.05) is 18.7 Å². The van der Waals surface area contributed by atoms with Gasteiger partial charge in [0.1, 0.15) is 0 Å². The van der Waals surface area contributed by atoms with Crippen LogP contribution in [0, 0.1) is 0 Å². The lowest BCUT2D eigenvalue weighted by Gasteiger charge is -2.15. The van der Waals surface area contributed by atoms with E-state index in [0.717, 1.165) is 23.9 Å². The minimum Gasteiger partial charge on any atom is -0.377 e. The molecule has 3 atom stereocenters. The first-order valence-electron chi connectivity index (χ1n) is 6.38. The molecule has 1 aliphatic heterocycles. The predicted octanol–water partition coefficient (Wildman–Crippen LogP) is 3.61. The largest absolute Gasteiger partial charge is 0.377 e. The van der Waals surface area contributed by atoms with Crippen LogP contribution in [0.5, 0.6) is 0 Å². The van der Waals surface area contributed by atoms with Gasteiger partial charge in [-0.1, -0.05) is 22.0 Å². The Kier molecular flexibility index (Phi) is 5.13. The molecule has 18 heavy (non-hydrogen) atoms. The molecule has 100 valence electrons. The Morgan fingerprint density at radius 3 is 2.89 bits per heavy atom. The maximum atomic E-state index is 5.84. The summed E-state index contributed by atoms with van der Waals surface area (Å²) in [5.74, 6) is 0. The summed E-state index contributed by atoms with van der Waals surface area (Å²) in [7, 11) is 0. The fourth-order valence-corrected chi connectivity index (χ4v) is 4.01. The number of benzene rings is 1. The van der Waals surface area contributed by atoms with Gasteiger partial charge in [0.2, 0.25) is 0 Å². The Labute approximate surface area is 122 Å². The molecule has 0 saturated carbocycles. The third kappa shape index (κ3) is 3.73. The molecule has 0 bridgehead atoms. The summed E-state index contributed by atoms with van der Waals surface area (Å²) in [6.45, 7) is 5.08. The molecular weight excluding hydrogens is 310 g/mol. The van der Waals surface area contributed by atoms with Crippen LogP contribution in [0.2, 0.25) is 0 Å². The summed E-state index contributed by atoms with van der Waals surface area (Å²) >= 11 is 5.55. The number of halogens is 1. The van der Waals surface area contributed by atoms with E-state index in [1.54, 1.807) is 0 Å². The molecule has 2 N–H and O–H groups in total. The molecule has 2 rings (SSSR count). The minimum absolute atomic E-state index is 0.197. The second-order valence-corrected chi connectivity index (χ2v) is 7.12. The van der Waals surface area contributed by atoms with Gasteiger partial charge in [-0.2, -0.15) is 0 Å². The van der Waals surface area contributed by atoms with E-state index >= 15 is 0 Å². The van der Waals surface area contributed by atoms with E-state index in [1.165, 1.54) is 10.5 Å². The van der Waals surface area contributed by atoms with Crippen molar-refractivity contribution in [1.29, 1.82) is 0 Å². The molecule has 0 aliphatic carbocycles. The average molecular weight is 330 g/mol. The van der Waals surface area contributed by atoms with E-state index in [9.17, 15) is 0 Å². The molecule has 1 saturated heterocycles. The Morgan fingerprint density at radius 1 is 1.56 bits per heavy atom. The third-order valence-electron chi connectivity index (χ3n) is 3.16. The van der Waals surface area contributed by atoms with Crippen molar-refractivity contribution >= 4 is 27.7 Å². The molecule has 2 nitrogen and oxygen atoms in total. The summed E-state index contributed by atoms with van der Waals surface area (Å²) in [5, 5.41) is 0.580. The van der Waals surface area contributed by atoms with Crippen LogP contribution in [0.1, 0.15) is 25.8 Å². The van der Waals surface area contributed by atoms with Gasteiger partial charge in [0.05, 0.1) is 6.10 Å². The fraction of sp³-hybridized carbons (Fsp3) is 0.571. The quantitative estimate of drug-likeness (QED) is 0.916. The molecular formula is C14H20BrNOS. The van der Waals surface area contributed by atoms with Gasteiger partial charge in [0, 0.05) is 27.3 Å². The van der Waals surface area contributed by atoms with Gasteiger partial charge in [0.25, 0.3) is 0 Å². The minimum atomic E-state index is 0.197. The van der Waals surface area contributed by atoms with Gasteiger partial charge >= 0.3 is 0 Å². The van der Waals surface area contributed by atoms with Crippen molar-refractivity contribution in [3.8, 4) is 0 Å². The zero-order chi connectivity index (χ0) is 13.1.